The third-order valence-corrected chi connectivity index (χ3v) is 4.95. The smallest absolute Gasteiger partial charge is 0.0207 e. The second kappa shape index (κ2) is 7.83. The number of hydrogen-bond acceptors (Lipinski definition) is 2. The molecule has 0 fully saturated rings. The second-order valence-electron chi connectivity index (χ2n) is 4.67. The molecule has 1 aromatic carbocycles. The molecule has 0 amide bonds. The zero-order valence-electron chi connectivity index (χ0n) is 11.2. The van der Waals surface area contributed by atoms with Crippen LogP contribution in [0.5, 0.6) is 0 Å². The number of thiophene rings is 1. The average molecular weight is 338 g/mol. The van der Waals surface area contributed by atoms with Crippen molar-refractivity contribution in [2.24, 2.45) is 0 Å². The minimum Gasteiger partial charge on any atom is -0.314 e. The van der Waals surface area contributed by atoms with Crippen LogP contribution in [0.25, 0.3) is 0 Å². The van der Waals surface area contributed by atoms with E-state index < -0.39 is 0 Å². The molecule has 3 heteroatoms. The first-order valence-electron chi connectivity index (χ1n) is 6.78. The lowest BCUT2D eigenvalue weighted by molar-refractivity contribution is 0.492. The molecule has 1 heterocycles. The fourth-order valence-corrected chi connectivity index (χ4v) is 3.44. The van der Waals surface area contributed by atoms with Crippen LogP contribution >= 0.6 is 27.3 Å². The highest BCUT2D eigenvalue weighted by Crippen LogP contribution is 2.19. The van der Waals surface area contributed by atoms with Gasteiger partial charge in [0, 0.05) is 15.4 Å². The van der Waals surface area contributed by atoms with Gasteiger partial charge in [0.15, 0.2) is 0 Å². The molecule has 102 valence electrons. The number of aryl methyl sites for hydroxylation is 1. The van der Waals surface area contributed by atoms with Gasteiger partial charge in [-0.2, -0.15) is 0 Å². The highest BCUT2D eigenvalue weighted by molar-refractivity contribution is 9.10. The highest BCUT2D eigenvalue weighted by atomic mass is 79.9. The molecular formula is C16H20BrNS. The molecule has 1 N–H and O–H groups in total. The summed E-state index contributed by atoms with van der Waals surface area (Å²) in [6, 6.07) is 13.4. The van der Waals surface area contributed by atoms with Gasteiger partial charge in [-0.3, -0.25) is 0 Å². The Morgan fingerprint density at radius 3 is 2.74 bits per heavy atom. The van der Waals surface area contributed by atoms with Crippen LogP contribution in [0.3, 0.4) is 0 Å². The van der Waals surface area contributed by atoms with Gasteiger partial charge in [-0.1, -0.05) is 47.1 Å². The number of halogens is 1. The average Bonchev–Trinajstić information content (AvgIpc) is 2.92. The fraction of sp³-hybridized carbons (Fsp3) is 0.375. The van der Waals surface area contributed by atoms with Crippen molar-refractivity contribution in [3.8, 4) is 0 Å². The number of nitrogens with one attached hydrogen (secondary N) is 1. The van der Waals surface area contributed by atoms with E-state index in [4.69, 9.17) is 0 Å². The van der Waals surface area contributed by atoms with Gasteiger partial charge >= 0.3 is 0 Å². The van der Waals surface area contributed by atoms with E-state index in [2.05, 4.69) is 69.9 Å². The summed E-state index contributed by atoms with van der Waals surface area (Å²) in [5.74, 6) is 0. The third-order valence-electron chi connectivity index (χ3n) is 3.24. The Morgan fingerprint density at radius 1 is 1.21 bits per heavy atom. The number of likely N-dealkylation sites (N-methyl/N-ethyl adjacent to an activating group) is 1. The zero-order chi connectivity index (χ0) is 13.5. The molecule has 19 heavy (non-hydrogen) atoms. The molecule has 0 spiro atoms. The predicted octanol–water partition coefficient (Wildman–Crippen LogP) is 4.66. The summed E-state index contributed by atoms with van der Waals surface area (Å²) in [5, 5.41) is 5.76. The lowest BCUT2D eigenvalue weighted by atomic mass is 10.0. The molecule has 2 aromatic rings. The van der Waals surface area contributed by atoms with Crippen molar-refractivity contribution in [1.82, 2.24) is 5.32 Å². The van der Waals surface area contributed by atoms with E-state index in [9.17, 15) is 0 Å². The molecule has 0 saturated carbocycles. The molecule has 1 unspecified atom stereocenters. The summed E-state index contributed by atoms with van der Waals surface area (Å²) in [4.78, 5) is 1.48. The Balaban J connectivity index is 1.94. The number of hydrogen-bond donors (Lipinski definition) is 1. The zero-order valence-corrected chi connectivity index (χ0v) is 13.6. The van der Waals surface area contributed by atoms with E-state index in [0.29, 0.717) is 6.04 Å². The molecule has 0 radical (unpaired) electrons. The van der Waals surface area contributed by atoms with Gasteiger partial charge in [-0.25, -0.2) is 0 Å². The van der Waals surface area contributed by atoms with E-state index in [-0.39, 0.29) is 0 Å². The fourth-order valence-electron chi connectivity index (χ4n) is 2.27. The van der Waals surface area contributed by atoms with E-state index in [1.807, 2.05) is 11.3 Å². The van der Waals surface area contributed by atoms with E-state index in [1.54, 1.807) is 0 Å². The standard InChI is InChI=1S/C16H20BrNS/c1-2-18-14(9-10-15-7-5-11-19-15)12-13-6-3-4-8-16(13)17/h3-8,11,14,18H,2,9-10,12H2,1H3. The van der Waals surface area contributed by atoms with Crippen molar-refractivity contribution in [1.29, 1.82) is 0 Å². The van der Waals surface area contributed by atoms with Crippen LogP contribution in [-0.2, 0) is 12.8 Å². The third kappa shape index (κ3) is 4.75. The van der Waals surface area contributed by atoms with Gasteiger partial charge in [-0.15, -0.1) is 11.3 Å². The molecular weight excluding hydrogens is 318 g/mol. The minimum atomic E-state index is 0.547. The van der Waals surface area contributed by atoms with Crippen molar-refractivity contribution in [3.63, 3.8) is 0 Å². The normalized spacial score (nSPS) is 12.5. The molecule has 0 aliphatic rings. The Bertz CT molecular complexity index is 481. The predicted molar refractivity (Wildman–Crippen MR) is 88.0 cm³/mol. The van der Waals surface area contributed by atoms with Crippen LogP contribution in [0, 0.1) is 0 Å². The lowest BCUT2D eigenvalue weighted by Gasteiger charge is -2.18. The Kier molecular flexibility index (Phi) is 6.08. The Labute approximate surface area is 128 Å². The first kappa shape index (κ1) is 14.8. The second-order valence-corrected chi connectivity index (χ2v) is 6.55. The molecule has 1 nitrogen and oxygen atoms in total. The van der Waals surface area contributed by atoms with Crippen molar-refractivity contribution in [3.05, 3.63) is 56.7 Å². The van der Waals surface area contributed by atoms with Gasteiger partial charge in [-0.05, 0) is 48.9 Å². The molecule has 0 aliphatic heterocycles. The monoisotopic (exact) mass is 337 g/mol. The maximum atomic E-state index is 3.64. The largest absolute Gasteiger partial charge is 0.314 e. The summed E-state index contributed by atoms with van der Waals surface area (Å²) in [6.07, 6.45) is 3.44. The molecule has 2 rings (SSSR count). The summed E-state index contributed by atoms with van der Waals surface area (Å²) < 4.78 is 1.22. The Hall–Kier alpha value is -0.640. The van der Waals surface area contributed by atoms with E-state index in [1.165, 1.54) is 27.8 Å². The van der Waals surface area contributed by atoms with Gasteiger partial charge < -0.3 is 5.32 Å². The summed E-state index contributed by atoms with van der Waals surface area (Å²) in [7, 11) is 0. The molecule has 1 aromatic heterocycles. The highest BCUT2D eigenvalue weighted by Gasteiger charge is 2.10. The minimum absolute atomic E-state index is 0.547. The first-order valence-corrected chi connectivity index (χ1v) is 8.46. The quantitative estimate of drug-likeness (QED) is 0.774. The molecule has 1 atom stereocenters. The van der Waals surface area contributed by atoms with Crippen LogP contribution < -0.4 is 5.32 Å². The summed E-state index contributed by atoms with van der Waals surface area (Å²) in [6.45, 7) is 3.21. The van der Waals surface area contributed by atoms with Gasteiger partial charge in [0.05, 0.1) is 0 Å². The van der Waals surface area contributed by atoms with Crippen LogP contribution in [0.15, 0.2) is 46.3 Å². The van der Waals surface area contributed by atoms with E-state index in [0.717, 1.165) is 13.0 Å². The van der Waals surface area contributed by atoms with Crippen molar-refractivity contribution in [2.45, 2.75) is 32.2 Å². The maximum absolute atomic E-state index is 3.64. The van der Waals surface area contributed by atoms with Crippen molar-refractivity contribution < 1.29 is 0 Å². The van der Waals surface area contributed by atoms with Gasteiger partial charge in [0.2, 0.25) is 0 Å². The topological polar surface area (TPSA) is 12.0 Å². The summed E-state index contributed by atoms with van der Waals surface area (Å²) >= 11 is 5.50. The SMILES string of the molecule is CCNC(CCc1cccs1)Cc1ccccc1Br. The van der Waals surface area contributed by atoms with Crippen LogP contribution in [0.2, 0.25) is 0 Å². The maximum Gasteiger partial charge on any atom is 0.0207 e. The molecule has 0 bridgehead atoms. The van der Waals surface area contributed by atoms with Crippen molar-refractivity contribution in [2.75, 3.05) is 6.54 Å². The van der Waals surface area contributed by atoms with Crippen molar-refractivity contribution >= 4 is 27.3 Å². The molecule has 0 saturated heterocycles. The van der Waals surface area contributed by atoms with Crippen LogP contribution in [0.1, 0.15) is 23.8 Å². The number of benzene rings is 1. The molecule has 0 aliphatic carbocycles. The first-order chi connectivity index (χ1) is 9.29. The van der Waals surface area contributed by atoms with Gasteiger partial charge in [0.1, 0.15) is 0 Å². The van der Waals surface area contributed by atoms with Gasteiger partial charge in [0.25, 0.3) is 0 Å². The van der Waals surface area contributed by atoms with E-state index >= 15 is 0 Å². The van der Waals surface area contributed by atoms with Crippen LogP contribution in [-0.4, -0.2) is 12.6 Å². The van der Waals surface area contributed by atoms with Crippen LogP contribution in [0.4, 0.5) is 0 Å². The lowest BCUT2D eigenvalue weighted by Crippen LogP contribution is -2.31. The number of rotatable bonds is 7. The summed E-state index contributed by atoms with van der Waals surface area (Å²) in [5.41, 5.74) is 1.39. The Morgan fingerprint density at radius 2 is 2.05 bits per heavy atom.